The minimum Gasteiger partial charge on any atom is -0.463 e. The van der Waals surface area contributed by atoms with Gasteiger partial charge in [0.1, 0.15) is 6.61 Å². The van der Waals surface area contributed by atoms with Gasteiger partial charge in [0.15, 0.2) is 0 Å². The van der Waals surface area contributed by atoms with Crippen molar-refractivity contribution in [3.63, 3.8) is 0 Å². The number of esters is 1. The molecule has 0 radical (unpaired) electrons. The van der Waals surface area contributed by atoms with Crippen molar-refractivity contribution in [1.82, 2.24) is 0 Å². The van der Waals surface area contributed by atoms with Crippen LogP contribution in [-0.2, 0) is 9.53 Å². The third-order valence-electron chi connectivity index (χ3n) is 4.17. The molecule has 1 unspecified atom stereocenters. The third kappa shape index (κ3) is 5.21. The van der Waals surface area contributed by atoms with Crippen LogP contribution < -0.4 is 0 Å². The molecule has 0 spiro atoms. The Kier molecular flexibility index (Phi) is 8.81. The highest BCUT2D eigenvalue weighted by molar-refractivity contribution is 5.71. The molecule has 0 saturated heterocycles. The molecule has 0 aromatic carbocycles. The number of carbonyl (C=O) groups excluding carboxylic acids is 1. The van der Waals surface area contributed by atoms with Crippen molar-refractivity contribution >= 4 is 5.97 Å². The average molecular weight is 564 g/mol. The lowest BCUT2D eigenvalue weighted by Gasteiger charge is -2.43. The Hall–Kier alpha value is -1.76. The fourth-order valence-corrected chi connectivity index (χ4v) is 2.02. The van der Waals surface area contributed by atoms with Crippen molar-refractivity contribution < 1.29 is 89.3 Å². The van der Waals surface area contributed by atoms with E-state index >= 15 is 0 Å². The van der Waals surface area contributed by atoms with E-state index in [2.05, 4.69) is 4.74 Å². The second kappa shape index (κ2) is 9.28. The zero-order valence-electron chi connectivity index (χ0n) is 16.8. The molecule has 0 rings (SSSR count). The highest BCUT2D eigenvalue weighted by Gasteiger charge is 2.95. The van der Waals surface area contributed by atoms with Crippen LogP contribution >= 0.6 is 0 Å². The molecule has 210 valence electrons. The number of rotatable bonds is 11. The molecule has 20 heteroatoms. The van der Waals surface area contributed by atoms with Gasteiger partial charge in [-0.2, -0.15) is 74.6 Å². The SMILES string of the molecule is CC(C)C(=O)OCC(O)CC(F)(F)C(F)(F)C(F)(F)C(F)(F)C(F)(F)C(F)(F)C(F)(F)C(F)(F)F. The summed E-state index contributed by atoms with van der Waals surface area (Å²) in [5, 5.41) is 9.12. The summed E-state index contributed by atoms with van der Waals surface area (Å²) in [4.78, 5) is 11.1. The van der Waals surface area contributed by atoms with Gasteiger partial charge in [0.2, 0.25) is 0 Å². The van der Waals surface area contributed by atoms with Crippen LogP contribution in [0.5, 0.6) is 0 Å². The Bertz CT molecular complexity index is 756. The lowest BCUT2D eigenvalue weighted by Crippen LogP contribution is -2.74. The number of carbonyl (C=O) groups is 1. The van der Waals surface area contributed by atoms with Crippen LogP contribution in [0, 0.1) is 5.92 Å². The molecule has 0 aromatic rings. The van der Waals surface area contributed by atoms with E-state index in [1.54, 1.807) is 0 Å². The molecule has 0 fully saturated rings. The van der Waals surface area contributed by atoms with Crippen LogP contribution in [0.4, 0.5) is 74.6 Å². The van der Waals surface area contributed by atoms with E-state index in [9.17, 15) is 79.4 Å². The lowest BCUT2D eigenvalue weighted by atomic mass is 9.88. The van der Waals surface area contributed by atoms with Crippen molar-refractivity contribution in [2.24, 2.45) is 5.92 Å². The standard InChI is InChI=1S/C15H13F17O3/c1-5(2)7(34)35-4-6(33)3-8(16,17)9(18,19)10(20,21)11(22,23)12(24,25)13(26,27)14(28,29)15(30,31)32/h5-6,33H,3-4H2,1-2H3. The van der Waals surface area contributed by atoms with Crippen molar-refractivity contribution in [2.45, 2.75) is 74.0 Å². The number of halogens is 17. The molecular formula is C15H13F17O3. The first-order chi connectivity index (χ1) is 15.0. The fourth-order valence-electron chi connectivity index (χ4n) is 2.02. The van der Waals surface area contributed by atoms with Gasteiger partial charge in [0.25, 0.3) is 0 Å². The van der Waals surface area contributed by atoms with Gasteiger partial charge in [-0.3, -0.25) is 4.79 Å². The second-order valence-corrected chi connectivity index (χ2v) is 7.29. The predicted octanol–water partition coefficient (Wildman–Crippen LogP) is 5.95. The smallest absolute Gasteiger partial charge is 0.460 e. The first kappa shape index (κ1) is 33.2. The van der Waals surface area contributed by atoms with Gasteiger partial charge >= 0.3 is 53.6 Å². The highest BCUT2D eigenvalue weighted by atomic mass is 19.4. The molecule has 0 heterocycles. The lowest BCUT2D eigenvalue weighted by molar-refractivity contribution is -0.462. The van der Waals surface area contributed by atoms with Gasteiger partial charge in [-0.25, -0.2) is 0 Å². The maximum Gasteiger partial charge on any atom is 0.460 e. The normalized spacial score (nSPS) is 16.5. The minimum absolute atomic E-state index is 1.04. The second-order valence-electron chi connectivity index (χ2n) is 7.29. The zero-order valence-corrected chi connectivity index (χ0v) is 16.8. The molecule has 1 N–H and O–H groups in total. The Morgan fingerprint density at radius 1 is 0.629 bits per heavy atom. The number of aliphatic hydroxyl groups excluding tert-OH is 1. The van der Waals surface area contributed by atoms with Crippen LogP contribution in [0.25, 0.3) is 0 Å². The zero-order chi connectivity index (χ0) is 28.9. The Morgan fingerprint density at radius 2 is 0.943 bits per heavy atom. The van der Waals surface area contributed by atoms with Gasteiger partial charge in [0, 0.05) is 6.42 Å². The predicted molar refractivity (Wildman–Crippen MR) is 77.1 cm³/mol. The van der Waals surface area contributed by atoms with Gasteiger partial charge < -0.3 is 9.84 Å². The molecular weight excluding hydrogens is 551 g/mol. The van der Waals surface area contributed by atoms with E-state index in [-0.39, 0.29) is 0 Å². The quantitative estimate of drug-likeness (QED) is 0.250. The summed E-state index contributed by atoms with van der Waals surface area (Å²) >= 11 is 0. The van der Waals surface area contributed by atoms with Gasteiger partial charge in [0.05, 0.1) is 12.0 Å². The van der Waals surface area contributed by atoms with Crippen molar-refractivity contribution in [1.29, 1.82) is 0 Å². The van der Waals surface area contributed by atoms with Crippen molar-refractivity contribution in [2.75, 3.05) is 6.61 Å². The van der Waals surface area contributed by atoms with Gasteiger partial charge in [-0.1, -0.05) is 13.8 Å². The van der Waals surface area contributed by atoms with E-state index in [0.29, 0.717) is 0 Å². The van der Waals surface area contributed by atoms with Gasteiger partial charge in [-0.05, 0) is 0 Å². The summed E-state index contributed by atoms with van der Waals surface area (Å²) in [6, 6.07) is 0. The van der Waals surface area contributed by atoms with Gasteiger partial charge in [-0.15, -0.1) is 0 Å². The summed E-state index contributed by atoms with van der Waals surface area (Å²) in [5.41, 5.74) is 0. The molecule has 1 atom stereocenters. The monoisotopic (exact) mass is 564 g/mol. The van der Waals surface area contributed by atoms with Crippen LogP contribution in [0.3, 0.4) is 0 Å². The molecule has 0 aromatic heterocycles. The first-order valence-electron chi connectivity index (χ1n) is 8.53. The highest BCUT2D eigenvalue weighted by Crippen LogP contribution is 2.64. The molecule has 0 saturated carbocycles. The number of alkyl halides is 17. The minimum atomic E-state index is -8.71. The van der Waals surface area contributed by atoms with Crippen LogP contribution in [0.15, 0.2) is 0 Å². The number of hydrogen-bond donors (Lipinski definition) is 1. The summed E-state index contributed by atoms with van der Waals surface area (Å²) in [6.45, 7) is 0.535. The topological polar surface area (TPSA) is 46.5 Å². The van der Waals surface area contributed by atoms with E-state index in [4.69, 9.17) is 5.11 Å². The summed E-state index contributed by atoms with van der Waals surface area (Å²) in [5.74, 6) is -59.6. The van der Waals surface area contributed by atoms with Crippen molar-refractivity contribution in [3.8, 4) is 0 Å². The average Bonchev–Trinajstić information content (AvgIpc) is 2.63. The van der Waals surface area contributed by atoms with E-state index in [1.807, 2.05) is 0 Å². The maximum atomic E-state index is 13.6. The molecule has 0 bridgehead atoms. The number of hydrogen-bond acceptors (Lipinski definition) is 3. The van der Waals surface area contributed by atoms with Crippen LogP contribution in [-0.4, -0.2) is 71.4 Å². The first-order valence-corrected chi connectivity index (χ1v) is 8.53. The maximum absolute atomic E-state index is 13.6. The van der Waals surface area contributed by atoms with Crippen LogP contribution in [0.1, 0.15) is 20.3 Å². The summed E-state index contributed by atoms with van der Waals surface area (Å²) < 4.78 is 227. The van der Waals surface area contributed by atoms with Crippen molar-refractivity contribution in [3.05, 3.63) is 0 Å². The molecule has 0 aliphatic rings. The third-order valence-corrected chi connectivity index (χ3v) is 4.17. The molecule has 0 aliphatic heterocycles. The molecule has 3 nitrogen and oxygen atoms in total. The number of aliphatic hydroxyl groups is 1. The van der Waals surface area contributed by atoms with Crippen LogP contribution in [0.2, 0.25) is 0 Å². The Morgan fingerprint density at radius 3 is 1.26 bits per heavy atom. The molecule has 0 aliphatic carbocycles. The van der Waals surface area contributed by atoms with E-state index in [1.165, 1.54) is 0 Å². The molecule has 0 amide bonds. The Labute approximate surface area is 183 Å². The fraction of sp³-hybridized carbons (Fsp3) is 0.933. The summed E-state index contributed by atoms with van der Waals surface area (Å²) in [7, 11) is 0. The number of ether oxygens (including phenoxy) is 1. The van der Waals surface area contributed by atoms with E-state index in [0.717, 1.165) is 13.8 Å². The Balaban J connectivity index is 6.32. The summed E-state index contributed by atoms with van der Waals surface area (Å²) in [6.07, 6.45) is -14.0. The molecule has 35 heavy (non-hydrogen) atoms. The van der Waals surface area contributed by atoms with E-state index < -0.39 is 78.7 Å². The largest absolute Gasteiger partial charge is 0.463 e.